The Balaban J connectivity index is 1.95. The average Bonchev–Trinajstić information content (AvgIpc) is 2.71. The molecule has 1 aliphatic rings. The van der Waals surface area contributed by atoms with Gasteiger partial charge in [-0.3, -0.25) is 9.59 Å². The molecule has 2 rings (SSSR count). The van der Waals surface area contributed by atoms with E-state index in [1.807, 2.05) is 16.8 Å². The van der Waals surface area contributed by atoms with Gasteiger partial charge in [0.05, 0.1) is 12.0 Å². The van der Waals surface area contributed by atoms with Gasteiger partial charge in [-0.25, -0.2) is 0 Å². The number of carbonyl (C=O) groups is 2. The summed E-state index contributed by atoms with van der Waals surface area (Å²) in [5.41, 5.74) is -0.893. The Kier molecular flexibility index (Phi) is 4.13. The van der Waals surface area contributed by atoms with Crippen LogP contribution < -0.4 is 5.32 Å². The van der Waals surface area contributed by atoms with E-state index in [0.717, 1.165) is 12.8 Å². The number of aliphatic hydroxyl groups is 1. The van der Waals surface area contributed by atoms with E-state index in [1.54, 1.807) is 6.07 Å². The van der Waals surface area contributed by atoms with Crippen LogP contribution in [0.15, 0.2) is 18.3 Å². The zero-order chi connectivity index (χ0) is 14.8. The molecule has 0 aliphatic heterocycles. The number of aliphatic carboxylic acids is 1. The Morgan fingerprint density at radius 1 is 1.50 bits per heavy atom. The predicted molar refractivity (Wildman–Crippen MR) is 72.5 cm³/mol. The van der Waals surface area contributed by atoms with Crippen LogP contribution in [0.25, 0.3) is 0 Å². The first kappa shape index (κ1) is 14.6. The van der Waals surface area contributed by atoms with Gasteiger partial charge in [0.1, 0.15) is 5.69 Å². The smallest absolute Gasteiger partial charge is 0.306 e. The van der Waals surface area contributed by atoms with E-state index in [1.165, 1.54) is 13.3 Å². The third kappa shape index (κ3) is 3.39. The van der Waals surface area contributed by atoms with Gasteiger partial charge >= 0.3 is 5.97 Å². The summed E-state index contributed by atoms with van der Waals surface area (Å²) in [6, 6.07) is 3.94. The number of rotatable bonds is 6. The van der Waals surface area contributed by atoms with Crippen LogP contribution in [0.5, 0.6) is 0 Å². The van der Waals surface area contributed by atoms with Crippen molar-refractivity contribution in [3.05, 3.63) is 24.0 Å². The molecule has 0 saturated heterocycles. The van der Waals surface area contributed by atoms with Gasteiger partial charge in [0.15, 0.2) is 0 Å². The van der Waals surface area contributed by atoms with Crippen molar-refractivity contribution >= 4 is 11.9 Å². The van der Waals surface area contributed by atoms with Crippen LogP contribution in [0.1, 0.15) is 49.1 Å². The van der Waals surface area contributed by atoms with E-state index < -0.39 is 18.0 Å². The van der Waals surface area contributed by atoms with Gasteiger partial charge in [-0.15, -0.1) is 0 Å². The highest BCUT2D eigenvalue weighted by molar-refractivity contribution is 5.92. The lowest BCUT2D eigenvalue weighted by Crippen LogP contribution is -2.42. The van der Waals surface area contributed by atoms with E-state index in [9.17, 15) is 14.7 Å². The van der Waals surface area contributed by atoms with E-state index >= 15 is 0 Å². The minimum atomic E-state index is -1.45. The van der Waals surface area contributed by atoms with Crippen LogP contribution in [-0.4, -0.2) is 38.8 Å². The van der Waals surface area contributed by atoms with Crippen molar-refractivity contribution in [2.24, 2.45) is 0 Å². The first-order chi connectivity index (χ1) is 9.39. The number of nitrogens with zero attached hydrogens (tertiary/aromatic N) is 1. The number of carbonyl (C=O) groups excluding carboxylic acids is 1. The molecular weight excluding hydrogens is 260 g/mol. The van der Waals surface area contributed by atoms with Crippen LogP contribution >= 0.6 is 0 Å². The van der Waals surface area contributed by atoms with Gasteiger partial charge in [0.2, 0.25) is 0 Å². The molecule has 1 amide bonds. The Morgan fingerprint density at radius 3 is 2.75 bits per heavy atom. The highest BCUT2D eigenvalue weighted by Crippen LogP contribution is 2.32. The van der Waals surface area contributed by atoms with Crippen LogP contribution in [-0.2, 0) is 4.79 Å². The molecule has 6 heteroatoms. The van der Waals surface area contributed by atoms with Crippen molar-refractivity contribution in [1.29, 1.82) is 0 Å². The molecule has 0 radical (unpaired) electrons. The zero-order valence-corrected chi connectivity index (χ0v) is 11.5. The molecule has 1 unspecified atom stereocenters. The third-order valence-electron chi connectivity index (χ3n) is 3.64. The average molecular weight is 280 g/mol. The summed E-state index contributed by atoms with van der Waals surface area (Å²) in [5.74, 6) is -1.38. The van der Waals surface area contributed by atoms with Gasteiger partial charge in [-0.05, 0) is 38.3 Å². The monoisotopic (exact) mass is 280 g/mol. The second-order valence-corrected chi connectivity index (χ2v) is 5.64. The van der Waals surface area contributed by atoms with Crippen molar-refractivity contribution < 1.29 is 19.8 Å². The van der Waals surface area contributed by atoms with Crippen LogP contribution in [0.3, 0.4) is 0 Å². The molecule has 110 valence electrons. The van der Waals surface area contributed by atoms with E-state index in [-0.39, 0.29) is 12.5 Å². The van der Waals surface area contributed by atoms with Gasteiger partial charge < -0.3 is 20.1 Å². The summed E-state index contributed by atoms with van der Waals surface area (Å²) >= 11 is 0. The Labute approximate surface area is 117 Å². The number of hydrogen-bond acceptors (Lipinski definition) is 3. The molecule has 6 nitrogen and oxygen atoms in total. The molecular formula is C14H20N2O4. The summed E-state index contributed by atoms with van der Waals surface area (Å²) in [6.07, 6.45) is 4.81. The second kappa shape index (κ2) is 5.66. The minimum absolute atomic E-state index is 0.0893. The molecule has 1 heterocycles. The normalized spacial score (nSPS) is 18.1. The van der Waals surface area contributed by atoms with Crippen LogP contribution in [0.2, 0.25) is 0 Å². The molecule has 1 aliphatic carbocycles. The van der Waals surface area contributed by atoms with E-state index in [4.69, 9.17) is 5.11 Å². The van der Waals surface area contributed by atoms with Crippen molar-refractivity contribution in [3.63, 3.8) is 0 Å². The predicted octanol–water partition coefficient (Wildman–Crippen LogP) is 1.17. The fraction of sp³-hybridized carbons (Fsp3) is 0.571. The van der Waals surface area contributed by atoms with Crippen LogP contribution in [0.4, 0.5) is 0 Å². The summed E-state index contributed by atoms with van der Waals surface area (Å²) in [6.45, 7) is 1.31. The lowest BCUT2D eigenvalue weighted by atomic mass is 9.93. The van der Waals surface area contributed by atoms with Gasteiger partial charge in [-0.1, -0.05) is 0 Å². The van der Waals surface area contributed by atoms with Crippen molar-refractivity contribution in [2.45, 2.75) is 44.2 Å². The molecule has 1 aromatic heterocycles. The van der Waals surface area contributed by atoms with E-state index in [0.29, 0.717) is 11.7 Å². The fourth-order valence-electron chi connectivity index (χ4n) is 2.32. The largest absolute Gasteiger partial charge is 0.481 e. The Bertz CT molecular complexity index is 503. The number of carboxylic acid groups (broad SMARTS) is 1. The van der Waals surface area contributed by atoms with E-state index in [2.05, 4.69) is 5.32 Å². The second-order valence-electron chi connectivity index (χ2n) is 5.64. The molecule has 1 aromatic rings. The lowest BCUT2D eigenvalue weighted by Gasteiger charge is -2.29. The zero-order valence-electron chi connectivity index (χ0n) is 11.5. The number of hydrogen-bond donors (Lipinski definition) is 3. The maximum Gasteiger partial charge on any atom is 0.306 e. The minimum Gasteiger partial charge on any atom is -0.481 e. The Morgan fingerprint density at radius 2 is 2.20 bits per heavy atom. The number of nitrogens with one attached hydrogen (secondary N) is 1. The first-order valence-electron chi connectivity index (χ1n) is 6.78. The molecule has 1 fully saturated rings. The molecule has 1 atom stereocenters. The van der Waals surface area contributed by atoms with Gasteiger partial charge in [-0.2, -0.15) is 0 Å². The third-order valence-corrected chi connectivity index (χ3v) is 3.64. The summed E-state index contributed by atoms with van der Waals surface area (Å²) in [7, 11) is 0. The maximum atomic E-state index is 12.1. The SMILES string of the molecule is CC(O)(CNC(=O)c1cccn1C1CCC1)CC(=O)O. The quantitative estimate of drug-likeness (QED) is 0.729. The molecule has 1 saturated carbocycles. The maximum absolute atomic E-state index is 12.1. The molecule has 0 bridgehead atoms. The van der Waals surface area contributed by atoms with Gasteiger partial charge in [0, 0.05) is 18.8 Å². The molecule has 20 heavy (non-hydrogen) atoms. The highest BCUT2D eigenvalue weighted by atomic mass is 16.4. The van der Waals surface area contributed by atoms with Crippen molar-refractivity contribution in [2.75, 3.05) is 6.54 Å². The highest BCUT2D eigenvalue weighted by Gasteiger charge is 2.27. The molecule has 3 N–H and O–H groups in total. The fourth-order valence-corrected chi connectivity index (χ4v) is 2.32. The van der Waals surface area contributed by atoms with Crippen molar-refractivity contribution in [1.82, 2.24) is 9.88 Å². The standard InChI is InChI=1S/C14H20N2O4/c1-14(20,8-12(17)18)9-15-13(19)11-6-3-7-16(11)10-4-2-5-10/h3,6-7,10,20H,2,4-5,8-9H2,1H3,(H,15,19)(H,17,18). The number of carboxylic acids is 1. The lowest BCUT2D eigenvalue weighted by molar-refractivity contribution is -0.141. The van der Waals surface area contributed by atoms with Crippen LogP contribution in [0, 0.1) is 0 Å². The summed E-state index contributed by atoms with van der Waals surface area (Å²) in [5, 5.41) is 21.1. The Hall–Kier alpha value is -1.82. The number of amides is 1. The molecule has 0 aromatic carbocycles. The number of aromatic nitrogens is 1. The topological polar surface area (TPSA) is 91.6 Å². The van der Waals surface area contributed by atoms with Gasteiger partial charge in [0.25, 0.3) is 5.91 Å². The summed E-state index contributed by atoms with van der Waals surface area (Å²) in [4.78, 5) is 22.7. The van der Waals surface area contributed by atoms with Crippen molar-refractivity contribution in [3.8, 4) is 0 Å². The first-order valence-corrected chi connectivity index (χ1v) is 6.78. The summed E-state index contributed by atoms with van der Waals surface area (Å²) < 4.78 is 1.95. The molecule has 0 spiro atoms.